The van der Waals surface area contributed by atoms with Crippen LogP contribution >= 0.6 is 15.9 Å². The van der Waals surface area contributed by atoms with Crippen LogP contribution in [0.25, 0.3) is 11.5 Å². The maximum atomic E-state index is 11.6. The van der Waals surface area contributed by atoms with E-state index < -0.39 is 5.97 Å². The minimum atomic E-state index is -0.407. The molecule has 0 atom stereocenters. The fraction of sp³-hybridized carbons (Fsp3) is 0.231. The van der Waals surface area contributed by atoms with Gasteiger partial charge in [-0.25, -0.2) is 14.8 Å². The van der Waals surface area contributed by atoms with Gasteiger partial charge < -0.3 is 4.74 Å². The highest BCUT2D eigenvalue weighted by atomic mass is 79.9. The van der Waals surface area contributed by atoms with Crippen molar-refractivity contribution in [3.8, 4) is 11.5 Å². The van der Waals surface area contributed by atoms with E-state index in [2.05, 4.69) is 30.9 Å². The first kappa shape index (κ1) is 13.6. The van der Waals surface area contributed by atoms with Crippen LogP contribution in [0.1, 0.15) is 23.0 Å². The molecule has 0 spiro atoms. The van der Waals surface area contributed by atoms with Gasteiger partial charge in [0.2, 0.25) is 0 Å². The third-order valence-electron chi connectivity index (χ3n) is 2.43. The maximum absolute atomic E-state index is 11.6. The second kappa shape index (κ2) is 5.88. The summed E-state index contributed by atoms with van der Waals surface area (Å²) in [5.41, 5.74) is 1.61. The van der Waals surface area contributed by atoms with Crippen molar-refractivity contribution in [2.24, 2.45) is 0 Å². The van der Waals surface area contributed by atoms with Crippen molar-refractivity contribution < 1.29 is 9.53 Å². The van der Waals surface area contributed by atoms with Crippen molar-refractivity contribution in [1.82, 2.24) is 15.0 Å². The van der Waals surface area contributed by atoms with Crippen molar-refractivity contribution in [3.63, 3.8) is 0 Å². The first-order chi connectivity index (χ1) is 9.11. The van der Waals surface area contributed by atoms with Crippen LogP contribution < -0.4 is 0 Å². The monoisotopic (exact) mass is 321 g/mol. The quantitative estimate of drug-likeness (QED) is 0.813. The molecule has 2 aromatic rings. The van der Waals surface area contributed by atoms with E-state index >= 15 is 0 Å². The van der Waals surface area contributed by atoms with Crippen molar-refractivity contribution >= 4 is 21.9 Å². The summed E-state index contributed by atoms with van der Waals surface area (Å²) in [7, 11) is 0. The van der Waals surface area contributed by atoms with E-state index in [1.54, 1.807) is 20.0 Å². The van der Waals surface area contributed by atoms with Gasteiger partial charge in [-0.1, -0.05) is 0 Å². The van der Waals surface area contributed by atoms with Crippen LogP contribution in [-0.4, -0.2) is 27.5 Å². The molecule has 5 nitrogen and oxygen atoms in total. The van der Waals surface area contributed by atoms with E-state index in [4.69, 9.17) is 4.74 Å². The minimum absolute atomic E-state index is 0.328. The number of aryl methyl sites for hydroxylation is 1. The van der Waals surface area contributed by atoms with Crippen LogP contribution in [0.5, 0.6) is 0 Å². The predicted molar refractivity (Wildman–Crippen MR) is 73.7 cm³/mol. The molecule has 6 heteroatoms. The van der Waals surface area contributed by atoms with Crippen LogP contribution in [0.15, 0.2) is 29.0 Å². The van der Waals surface area contributed by atoms with Crippen molar-refractivity contribution in [2.45, 2.75) is 13.8 Å². The number of esters is 1. The molecule has 0 unspecified atom stereocenters. The molecule has 0 N–H and O–H groups in total. The molecule has 0 aliphatic heterocycles. The SMILES string of the molecule is CCOC(=O)c1cnc(-c2ccc(Br)cn2)nc1C. The summed E-state index contributed by atoms with van der Waals surface area (Å²) < 4.78 is 5.81. The standard InChI is InChI=1S/C13H12BrN3O2/c1-3-19-13(18)10-7-16-12(17-8(10)2)11-5-4-9(14)6-15-11/h4-7H,3H2,1-2H3. The first-order valence-electron chi connectivity index (χ1n) is 5.74. The molecular weight excluding hydrogens is 310 g/mol. The molecule has 2 aromatic heterocycles. The largest absolute Gasteiger partial charge is 0.462 e. The Bertz CT molecular complexity index is 599. The fourth-order valence-electron chi connectivity index (χ4n) is 1.51. The number of aromatic nitrogens is 3. The van der Waals surface area contributed by atoms with Gasteiger partial charge in [0.15, 0.2) is 5.82 Å². The molecule has 0 aliphatic rings. The van der Waals surface area contributed by atoms with E-state index in [0.29, 0.717) is 29.4 Å². The fourth-order valence-corrected chi connectivity index (χ4v) is 1.74. The van der Waals surface area contributed by atoms with Crippen molar-refractivity contribution in [1.29, 1.82) is 0 Å². The minimum Gasteiger partial charge on any atom is -0.462 e. The smallest absolute Gasteiger partial charge is 0.341 e. The van der Waals surface area contributed by atoms with E-state index in [1.165, 1.54) is 6.20 Å². The summed E-state index contributed by atoms with van der Waals surface area (Å²) in [6.45, 7) is 3.83. The van der Waals surface area contributed by atoms with Gasteiger partial charge in [-0.3, -0.25) is 4.98 Å². The molecule has 19 heavy (non-hydrogen) atoms. The Balaban J connectivity index is 2.33. The van der Waals surface area contributed by atoms with Gasteiger partial charge >= 0.3 is 5.97 Å². The van der Waals surface area contributed by atoms with Crippen molar-refractivity contribution in [3.05, 3.63) is 40.3 Å². The van der Waals surface area contributed by atoms with Gasteiger partial charge in [0.25, 0.3) is 0 Å². The van der Waals surface area contributed by atoms with Gasteiger partial charge in [0, 0.05) is 16.9 Å². The molecule has 2 rings (SSSR count). The molecule has 0 saturated heterocycles. The highest BCUT2D eigenvalue weighted by Gasteiger charge is 2.13. The van der Waals surface area contributed by atoms with Crippen molar-refractivity contribution in [2.75, 3.05) is 6.61 Å². The van der Waals surface area contributed by atoms with Gasteiger partial charge in [-0.15, -0.1) is 0 Å². The Labute approximate surface area is 119 Å². The molecule has 2 heterocycles. The van der Waals surface area contributed by atoms with Crippen LogP contribution in [0, 0.1) is 6.92 Å². The molecule has 0 aliphatic carbocycles. The van der Waals surface area contributed by atoms with Gasteiger partial charge in [0.05, 0.1) is 17.9 Å². The number of carbonyl (C=O) groups excluding carboxylic acids is 1. The lowest BCUT2D eigenvalue weighted by atomic mass is 10.2. The van der Waals surface area contributed by atoms with Gasteiger partial charge in [-0.05, 0) is 41.9 Å². The lowest BCUT2D eigenvalue weighted by Gasteiger charge is -2.06. The molecule has 0 fully saturated rings. The predicted octanol–water partition coefficient (Wildman–Crippen LogP) is 2.79. The third-order valence-corrected chi connectivity index (χ3v) is 2.90. The summed E-state index contributed by atoms with van der Waals surface area (Å²) in [4.78, 5) is 24.3. The number of hydrogen-bond donors (Lipinski definition) is 0. The summed E-state index contributed by atoms with van der Waals surface area (Å²) >= 11 is 3.32. The lowest BCUT2D eigenvalue weighted by Crippen LogP contribution is -2.09. The lowest BCUT2D eigenvalue weighted by molar-refractivity contribution is 0.0524. The second-order valence-corrected chi connectivity index (χ2v) is 4.69. The number of halogens is 1. The zero-order valence-corrected chi connectivity index (χ0v) is 12.1. The molecule has 98 valence electrons. The highest BCUT2D eigenvalue weighted by molar-refractivity contribution is 9.10. The molecule has 0 amide bonds. The molecule has 0 saturated carbocycles. The van der Waals surface area contributed by atoms with Crippen LogP contribution in [0.2, 0.25) is 0 Å². The van der Waals surface area contributed by atoms with E-state index in [1.807, 2.05) is 12.1 Å². The van der Waals surface area contributed by atoms with E-state index in [0.717, 1.165) is 4.47 Å². The average Bonchev–Trinajstić information content (AvgIpc) is 2.39. The van der Waals surface area contributed by atoms with Crippen LogP contribution in [-0.2, 0) is 4.74 Å². The summed E-state index contributed by atoms with van der Waals surface area (Å²) in [5.74, 6) is 0.0772. The summed E-state index contributed by atoms with van der Waals surface area (Å²) in [6.07, 6.45) is 3.15. The second-order valence-electron chi connectivity index (χ2n) is 3.77. The average molecular weight is 322 g/mol. The number of carbonyl (C=O) groups is 1. The Morgan fingerprint density at radius 3 is 2.68 bits per heavy atom. The highest BCUT2D eigenvalue weighted by Crippen LogP contribution is 2.16. The van der Waals surface area contributed by atoms with Gasteiger partial charge in [-0.2, -0.15) is 0 Å². The Hall–Kier alpha value is -1.82. The zero-order chi connectivity index (χ0) is 13.8. The van der Waals surface area contributed by atoms with E-state index in [9.17, 15) is 4.79 Å². The number of pyridine rings is 1. The molecule has 0 radical (unpaired) electrons. The third kappa shape index (κ3) is 3.14. The normalized spacial score (nSPS) is 10.3. The first-order valence-corrected chi connectivity index (χ1v) is 6.53. The zero-order valence-electron chi connectivity index (χ0n) is 10.6. The van der Waals surface area contributed by atoms with Crippen LogP contribution in [0.4, 0.5) is 0 Å². The number of hydrogen-bond acceptors (Lipinski definition) is 5. The molecule has 0 aromatic carbocycles. The number of rotatable bonds is 3. The Kier molecular flexibility index (Phi) is 4.21. The van der Waals surface area contributed by atoms with Crippen LogP contribution in [0.3, 0.4) is 0 Å². The number of nitrogens with zero attached hydrogens (tertiary/aromatic N) is 3. The summed E-state index contributed by atoms with van der Waals surface area (Å²) in [6, 6.07) is 3.67. The Morgan fingerprint density at radius 1 is 1.32 bits per heavy atom. The Morgan fingerprint density at radius 2 is 2.11 bits per heavy atom. The maximum Gasteiger partial charge on any atom is 0.341 e. The topological polar surface area (TPSA) is 65.0 Å². The number of ether oxygens (including phenoxy) is 1. The van der Waals surface area contributed by atoms with Gasteiger partial charge in [0.1, 0.15) is 5.69 Å². The summed E-state index contributed by atoms with van der Waals surface area (Å²) in [5, 5.41) is 0. The molecular formula is C13H12BrN3O2. The van der Waals surface area contributed by atoms with E-state index in [-0.39, 0.29) is 0 Å². The molecule has 0 bridgehead atoms.